The van der Waals surface area contributed by atoms with Crippen LogP contribution in [0.25, 0.3) is 0 Å². The number of phenols is 1. The highest BCUT2D eigenvalue weighted by Gasteiger charge is 2.44. The van der Waals surface area contributed by atoms with Crippen LogP contribution in [0.2, 0.25) is 5.02 Å². The van der Waals surface area contributed by atoms with Gasteiger partial charge in [-0.2, -0.15) is 13.2 Å². The van der Waals surface area contributed by atoms with Gasteiger partial charge in [-0.1, -0.05) is 11.6 Å². The van der Waals surface area contributed by atoms with Crippen molar-refractivity contribution in [2.75, 3.05) is 19.7 Å². The molecular weight excluding hydrogens is 436 g/mol. The molecule has 0 radical (unpaired) electrons. The number of nitrogens with two attached hydrogens (primary N) is 1. The number of nitrogens with zero attached hydrogens (tertiary/aromatic N) is 1. The highest BCUT2D eigenvalue weighted by atomic mass is 35.5. The van der Waals surface area contributed by atoms with Crippen LogP contribution in [0, 0.1) is 5.92 Å². The fourth-order valence-corrected chi connectivity index (χ4v) is 3.51. The molecule has 7 nitrogen and oxygen atoms in total. The van der Waals surface area contributed by atoms with E-state index < -0.39 is 43.5 Å². The zero-order valence-corrected chi connectivity index (χ0v) is 16.4. The molecule has 168 valence electrons. The third-order valence-electron chi connectivity index (χ3n) is 4.98. The van der Waals surface area contributed by atoms with Crippen molar-refractivity contribution in [1.29, 1.82) is 0 Å². The molecule has 1 fully saturated rings. The number of benzene rings is 1. The van der Waals surface area contributed by atoms with Crippen LogP contribution in [-0.4, -0.2) is 59.0 Å². The summed E-state index contributed by atoms with van der Waals surface area (Å²) in [7, 11) is 0. The van der Waals surface area contributed by atoms with Crippen LogP contribution >= 0.6 is 11.6 Å². The fourth-order valence-electron chi connectivity index (χ4n) is 3.29. The van der Waals surface area contributed by atoms with Gasteiger partial charge in [-0.05, 0) is 30.9 Å². The van der Waals surface area contributed by atoms with Gasteiger partial charge in [0.2, 0.25) is 6.10 Å². The molecule has 1 saturated heterocycles. The minimum atomic E-state index is -5.28. The molecule has 30 heavy (non-hydrogen) atoms. The number of carbonyl (C=O) groups is 2. The molecular formula is C18H21ClF4N2O5. The lowest BCUT2D eigenvalue weighted by atomic mass is 9.85. The van der Waals surface area contributed by atoms with Crippen molar-refractivity contribution in [3.63, 3.8) is 0 Å². The Morgan fingerprint density at radius 3 is 2.40 bits per heavy atom. The lowest BCUT2D eigenvalue weighted by molar-refractivity contribution is -0.208. The van der Waals surface area contributed by atoms with E-state index in [1.165, 1.54) is 17.0 Å². The van der Waals surface area contributed by atoms with Gasteiger partial charge in [-0.3, -0.25) is 4.79 Å². The Balaban J connectivity index is 2.01. The van der Waals surface area contributed by atoms with Gasteiger partial charge in [-0.25, -0.2) is 9.18 Å². The molecule has 1 heterocycles. The third kappa shape index (κ3) is 5.52. The van der Waals surface area contributed by atoms with Gasteiger partial charge in [0.1, 0.15) is 12.4 Å². The first kappa shape index (κ1) is 24.2. The molecule has 0 aliphatic carbocycles. The zero-order chi connectivity index (χ0) is 22.6. The molecule has 1 amide bonds. The number of aliphatic hydroxyl groups is 1. The Morgan fingerprint density at radius 1 is 1.30 bits per heavy atom. The summed E-state index contributed by atoms with van der Waals surface area (Å²) in [6.07, 6.45) is -6.57. The Labute approximate surface area is 174 Å². The first-order valence-electron chi connectivity index (χ1n) is 8.99. The number of amides is 1. The Bertz CT molecular complexity index is 785. The van der Waals surface area contributed by atoms with Crippen LogP contribution in [0.1, 0.15) is 30.0 Å². The average molecular weight is 457 g/mol. The van der Waals surface area contributed by atoms with Crippen molar-refractivity contribution in [1.82, 2.24) is 4.90 Å². The molecule has 12 heteroatoms. The molecule has 4 N–H and O–H groups in total. The van der Waals surface area contributed by atoms with Crippen molar-refractivity contribution >= 4 is 23.5 Å². The second-order valence-corrected chi connectivity index (χ2v) is 7.31. The number of rotatable bonds is 6. The van der Waals surface area contributed by atoms with Crippen molar-refractivity contribution in [3.8, 4) is 5.75 Å². The second-order valence-electron chi connectivity index (χ2n) is 6.90. The van der Waals surface area contributed by atoms with Crippen molar-refractivity contribution < 1.29 is 42.1 Å². The molecule has 0 unspecified atom stereocenters. The summed E-state index contributed by atoms with van der Waals surface area (Å²) in [4.78, 5) is 24.4. The SMILES string of the molecule is N[C@@H](c1cc(Cl)c(CF)cc1O)C1CCN(C(=O)[C@@H](CO)OC(=O)C(F)(F)F)CC1. The highest BCUT2D eigenvalue weighted by Crippen LogP contribution is 2.36. The molecule has 0 aromatic heterocycles. The van der Waals surface area contributed by atoms with E-state index in [-0.39, 0.29) is 35.3 Å². The number of aromatic hydroxyl groups is 1. The van der Waals surface area contributed by atoms with Gasteiger partial charge in [-0.15, -0.1) is 0 Å². The van der Waals surface area contributed by atoms with E-state index in [0.717, 1.165) is 0 Å². The van der Waals surface area contributed by atoms with E-state index in [9.17, 15) is 32.3 Å². The smallest absolute Gasteiger partial charge is 0.490 e. The van der Waals surface area contributed by atoms with Crippen LogP contribution in [0.5, 0.6) is 5.75 Å². The molecule has 1 aromatic rings. The number of hydrogen-bond acceptors (Lipinski definition) is 6. The normalized spacial score (nSPS) is 17.5. The summed E-state index contributed by atoms with van der Waals surface area (Å²) in [6.45, 7) is -1.76. The summed E-state index contributed by atoms with van der Waals surface area (Å²) in [6, 6.07) is 1.90. The monoisotopic (exact) mass is 456 g/mol. The Morgan fingerprint density at radius 2 is 1.90 bits per heavy atom. The van der Waals surface area contributed by atoms with E-state index in [2.05, 4.69) is 4.74 Å². The first-order chi connectivity index (χ1) is 14.0. The van der Waals surface area contributed by atoms with Crippen molar-refractivity contribution in [2.45, 2.75) is 37.8 Å². The fraction of sp³-hybridized carbons (Fsp3) is 0.556. The number of likely N-dealkylation sites (tertiary alicyclic amines) is 1. The first-order valence-corrected chi connectivity index (χ1v) is 9.37. The molecule has 2 rings (SSSR count). The summed E-state index contributed by atoms with van der Waals surface area (Å²) >= 11 is 5.97. The summed E-state index contributed by atoms with van der Waals surface area (Å²) in [5.41, 5.74) is 6.64. The number of halogens is 5. The number of aliphatic hydroxyl groups excluding tert-OH is 1. The minimum Gasteiger partial charge on any atom is -0.508 e. The molecule has 0 spiro atoms. The van der Waals surface area contributed by atoms with Crippen molar-refractivity contribution in [3.05, 3.63) is 28.3 Å². The summed E-state index contributed by atoms with van der Waals surface area (Å²) < 4.78 is 53.8. The van der Waals surface area contributed by atoms with Crippen LogP contribution in [0.4, 0.5) is 17.6 Å². The maximum atomic E-state index is 12.8. The number of hydrogen-bond donors (Lipinski definition) is 3. The lowest BCUT2D eigenvalue weighted by Crippen LogP contribution is -2.48. The van der Waals surface area contributed by atoms with Crippen LogP contribution in [0.3, 0.4) is 0 Å². The Kier molecular flexibility index (Phi) is 7.89. The van der Waals surface area contributed by atoms with E-state index in [0.29, 0.717) is 18.4 Å². The number of esters is 1. The summed E-state index contributed by atoms with van der Waals surface area (Å²) in [5, 5.41) is 19.4. The van der Waals surface area contributed by atoms with Crippen molar-refractivity contribution in [2.24, 2.45) is 11.7 Å². The average Bonchev–Trinajstić information content (AvgIpc) is 2.71. The molecule has 0 saturated carbocycles. The minimum absolute atomic E-state index is 0.0916. The number of ether oxygens (including phenoxy) is 1. The largest absolute Gasteiger partial charge is 0.508 e. The third-order valence-corrected chi connectivity index (χ3v) is 5.33. The highest BCUT2D eigenvalue weighted by molar-refractivity contribution is 6.31. The van der Waals surface area contributed by atoms with E-state index in [1.54, 1.807) is 0 Å². The second kappa shape index (κ2) is 9.80. The number of carbonyl (C=O) groups excluding carboxylic acids is 2. The Hall–Kier alpha value is -2.11. The van der Waals surface area contributed by atoms with Crippen LogP contribution in [0.15, 0.2) is 12.1 Å². The van der Waals surface area contributed by atoms with Gasteiger partial charge < -0.3 is 25.6 Å². The predicted octanol–water partition coefficient (Wildman–Crippen LogP) is 2.22. The summed E-state index contributed by atoms with van der Waals surface area (Å²) in [5.74, 6) is -3.92. The lowest BCUT2D eigenvalue weighted by Gasteiger charge is -2.36. The number of piperidine rings is 1. The van der Waals surface area contributed by atoms with E-state index >= 15 is 0 Å². The maximum Gasteiger partial charge on any atom is 0.490 e. The van der Waals surface area contributed by atoms with Gasteiger partial charge in [0.25, 0.3) is 5.91 Å². The number of alkyl halides is 4. The van der Waals surface area contributed by atoms with Gasteiger partial charge in [0, 0.05) is 35.3 Å². The van der Waals surface area contributed by atoms with Crippen LogP contribution in [-0.2, 0) is 21.0 Å². The van der Waals surface area contributed by atoms with Crippen LogP contribution < -0.4 is 5.73 Å². The molecule has 0 bridgehead atoms. The molecule has 1 aliphatic rings. The maximum absolute atomic E-state index is 12.8. The molecule has 2 atom stereocenters. The van der Waals surface area contributed by atoms with Gasteiger partial charge in [0.05, 0.1) is 6.61 Å². The molecule has 1 aromatic carbocycles. The predicted molar refractivity (Wildman–Crippen MR) is 97.2 cm³/mol. The molecule has 1 aliphatic heterocycles. The quantitative estimate of drug-likeness (QED) is 0.447. The van der Waals surface area contributed by atoms with E-state index in [4.69, 9.17) is 22.4 Å². The standard InChI is InChI=1S/C18H21ClF4N2O5/c19-12-6-11(13(27)5-10(12)7-20)15(24)9-1-3-25(4-2-9)16(28)14(8-26)30-17(29)18(21,22)23/h5-6,9,14-15,26-27H,1-4,7-8,24H2/t14-,15-/m1/s1. The zero-order valence-electron chi connectivity index (χ0n) is 15.7. The number of phenolic OH excluding ortho intramolecular Hbond substituents is 1. The topological polar surface area (TPSA) is 113 Å². The van der Waals surface area contributed by atoms with Gasteiger partial charge >= 0.3 is 12.1 Å². The van der Waals surface area contributed by atoms with E-state index in [1.807, 2.05) is 0 Å². The van der Waals surface area contributed by atoms with Gasteiger partial charge in [0.15, 0.2) is 0 Å².